The first-order valence-electron chi connectivity index (χ1n) is 7.89. The van der Waals surface area contributed by atoms with Gasteiger partial charge in [0, 0.05) is 5.69 Å². The third-order valence-electron chi connectivity index (χ3n) is 4.15. The van der Waals surface area contributed by atoms with Crippen LogP contribution in [-0.4, -0.2) is 33.0 Å². The van der Waals surface area contributed by atoms with Gasteiger partial charge in [-0.15, -0.1) is 11.8 Å². The minimum atomic E-state index is -0.135. The van der Waals surface area contributed by atoms with Crippen LogP contribution < -0.4 is 19.1 Å². The van der Waals surface area contributed by atoms with Crippen LogP contribution in [0.2, 0.25) is 0 Å². The van der Waals surface area contributed by atoms with Crippen molar-refractivity contribution < 1.29 is 19.0 Å². The van der Waals surface area contributed by atoms with E-state index in [1.807, 2.05) is 48.2 Å². The molecule has 2 aromatic rings. The summed E-state index contributed by atoms with van der Waals surface area (Å²) < 4.78 is 16.3. The van der Waals surface area contributed by atoms with E-state index < -0.39 is 0 Å². The van der Waals surface area contributed by atoms with Gasteiger partial charge in [-0.1, -0.05) is 17.7 Å². The van der Waals surface area contributed by atoms with Gasteiger partial charge < -0.3 is 14.2 Å². The van der Waals surface area contributed by atoms with Gasteiger partial charge >= 0.3 is 0 Å². The highest BCUT2D eigenvalue weighted by molar-refractivity contribution is 8.00. The van der Waals surface area contributed by atoms with Gasteiger partial charge in [0.1, 0.15) is 5.37 Å². The van der Waals surface area contributed by atoms with Crippen LogP contribution in [0.3, 0.4) is 0 Å². The van der Waals surface area contributed by atoms with Crippen molar-refractivity contribution in [2.75, 3.05) is 32.0 Å². The molecule has 0 aliphatic carbocycles. The predicted molar refractivity (Wildman–Crippen MR) is 100.0 cm³/mol. The smallest absolute Gasteiger partial charge is 0.238 e. The highest BCUT2D eigenvalue weighted by Crippen LogP contribution is 2.47. The summed E-state index contributed by atoms with van der Waals surface area (Å²) in [4.78, 5) is 14.3. The second-order valence-electron chi connectivity index (χ2n) is 5.72. The Morgan fingerprint density at radius 3 is 2.12 bits per heavy atom. The molecule has 1 saturated heterocycles. The zero-order valence-electron chi connectivity index (χ0n) is 14.7. The summed E-state index contributed by atoms with van der Waals surface area (Å²) in [7, 11) is 4.75. The van der Waals surface area contributed by atoms with E-state index in [0.717, 1.165) is 16.8 Å². The van der Waals surface area contributed by atoms with Crippen LogP contribution in [0.4, 0.5) is 5.69 Å². The molecule has 1 aliphatic rings. The number of thioether (sulfide) groups is 1. The molecule has 6 heteroatoms. The number of nitrogens with zero attached hydrogens (tertiary/aromatic N) is 1. The molecule has 1 atom stereocenters. The lowest BCUT2D eigenvalue weighted by Crippen LogP contribution is -2.27. The minimum Gasteiger partial charge on any atom is -0.493 e. The molecule has 1 amide bonds. The number of aryl methyl sites for hydroxylation is 1. The number of amides is 1. The lowest BCUT2D eigenvalue weighted by Gasteiger charge is -2.25. The van der Waals surface area contributed by atoms with Crippen LogP contribution in [0.5, 0.6) is 17.2 Å². The molecule has 3 rings (SSSR count). The van der Waals surface area contributed by atoms with Crippen molar-refractivity contribution in [1.82, 2.24) is 0 Å². The zero-order chi connectivity index (χ0) is 18.0. The quantitative estimate of drug-likeness (QED) is 0.813. The fraction of sp³-hybridized carbons (Fsp3) is 0.316. The van der Waals surface area contributed by atoms with Crippen molar-refractivity contribution in [3.8, 4) is 17.2 Å². The Bertz CT molecular complexity index is 750. The lowest BCUT2D eigenvalue weighted by atomic mass is 10.1. The fourth-order valence-electron chi connectivity index (χ4n) is 2.90. The van der Waals surface area contributed by atoms with Gasteiger partial charge in [0.15, 0.2) is 11.5 Å². The minimum absolute atomic E-state index is 0.0904. The first-order valence-corrected chi connectivity index (χ1v) is 8.94. The zero-order valence-corrected chi connectivity index (χ0v) is 15.6. The molecule has 0 bridgehead atoms. The van der Waals surface area contributed by atoms with Gasteiger partial charge in [0.2, 0.25) is 11.7 Å². The average Bonchev–Trinajstić information content (AvgIpc) is 3.02. The summed E-state index contributed by atoms with van der Waals surface area (Å²) in [5.41, 5.74) is 2.98. The van der Waals surface area contributed by atoms with Crippen LogP contribution in [-0.2, 0) is 4.79 Å². The van der Waals surface area contributed by atoms with Crippen molar-refractivity contribution >= 4 is 23.4 Å². The molecule has 2 aromatic carbocycles. The van der Waals surface area contributed by atoms with Crippen molar-refractivity contribution in [2.24, 2.45) is 0 Å². The number of hydrogen-bond acceptors (Lipinski definition) is 5. The number of anilines is 1. The third-order valence-corrected chi connectivity index (χ3v) is 5.36. The van der Waals surface area contributed by atoms with Crippen LogP contribution >= 0.6 is 11.8 Å². The Kier molecular flexibility index (Phi) is 5.08. The van der Waals surface area contributed by atoms with Gasteiger partial charge in [-0.05, 0) is 36.8 Å². The Morgan fingerprint density at radius 2 is 1.60 bits per heavy atom. The van der Waals surface area contributed by atoms with Crippen molar-refractivity contribution in [1.29, 1.82) is 0 Å². The molecule has 0 saturated carbocycles. The average molecular weight is 359 g/mol. The van der Waals surface area contributed by atoms with Crippen LogP contribution in [0.15, 0.2) is 36.4 Å². The van der Waals surface area contributed by atoms with E-state index in [2.05, 4.69) is 0 Å². The standard InChI is InChI=1S/C19H21NO4S/c1-12-5-7-14(8-6-12)20-17(21)11-25-19(20)13-9-15(22-2)18(24-4)16(10-13)23-3/h5-10,19H,11H2,1-4H3. The van der Waals surface area contributed by atoms with Crippen LogP contribution in [0.25, 0.3) is 0 Å². The fourth-order valence-corrected chi connectivity index (χ4v) is 4.06. The summed E-state index contributed by atoms with van der Waals surface area (Å²) >= 11 is 1.59. The second kappa shape index (κ2) is 7.27. The molecule has 0 aromatic heterocycles. The maximum atomic E-state index is 12.5. The largest absolute Gasteiger partial charge is 0.493 e. The highest BCUT2D eigenvalue weighted by atomic mass is 32.2. The van der Waals surface area contributed by atoms with E-state index in [0.29, 0.717) is 23.0 Å². The van der Waals surface area contributed by atoms with Crippen LogP contribution in [0, 0.1) is 6.92 Å². The Hall–Kier alpha value is -2.34. The topological polar surface area (TPSA) is 48.0 Å². The maximum absolute atomic E-state index is 12.5. The van der Waals surface area contributed by atoms with Crippen molar-refractivity contribution in [3.05, 3.63) is 47.5 Å². The predicted octanol–water partition coefficient (Wildman–Crippen LogP) is 3.80. The van der Waals surface area contributed by atoms with E-state index in [9.17, 15) is 4.79 Å². The van der Waals surface area contributed by atoms with E-state index >= 15 is 0 Å². The monoisotopic (exact) mass is 359 g/mol. The summed E-state index contributed by atoms with van der Waals surface area (Å²) in [6, 6.07) is 11.8. The molecule has 25 heavy (non-hydrogen) atoms. The number of carbonyl (C=O) groups is 1. The normalized spacial score (nSPS) is 16.9. The molecular weight excluding hydrogens is 338 g/mol. The number of carbonyl (C=O) groups excluding carboxylic acids is 1. The molecule has 0 spiro atoms. The number of methoxy groups -OCH3 is 3. The van der Waals surface area contributed by atoms with Gasteiger partial charge in [0.05, 0.1) is 27.1 Å². The van der Waals surface area contributed by atoms with Gasteiger partial charge in [-0.3, -0.25) is 9.69 Å². The first kappa shape index (κ1) is 17.5. The molecule has 5 nitrogen and oxygen atoms in total. The summed E-state index contributed by atoms with van der Waals surface area (Å²) in [5.74, 6) is 2.24. The highest BCUT2D eigenvalue weighted by Gasteiger charge is 2.35. The summed E-state index contributed by atoms with van der Waals surface area (Å²) in [5, 5.41) is -0.135. The molecule has 1 unspecified atom stereocenters. The number of rotatable bonds is 5. The van der Waals surface area contributed by atoms with Crippen LogP contribution in [0.1, 0.15) is 16.5 Å². The SMILES string of the molecule is COc1cc(C2SCC(=O)N2c2ccc(C)cc2)cc(OC)c1OC. The molecule has 1 fully saturated rings. The van der Waals surface area contributed by atoms with E-state index in [-0.39, 0.29) is 11.3 Å². The molecule has 1 aliphatic heterocycles. The van der Waals surface area contributed by atoms with E-state index in [4.69, 9.17) is 14.2 Å². The van der Waals surface area contributed by atoms with E-state index in [1.54, 1.807) is 33.1 Å². The molecule has 132 valence electrons. The Balaban J connectivity index is 2.05. The number of hydrogen-bond donors (Lipinski definition) is 0. The molecule has 0 radical (unpaired) electrons. The van der Waals surface area contributed by atoms with E-state index in [1.165, 1.54) is 0 Å². The summed E-state index contributed by atoms with van der Waals surface area (Å²) in [6.07, 6.45) is 0. The molecular formula is C19H21NO4S. The maximum Gasteiger partial charge on any atom is 0.238 e. The van der Waals surface area contributed by atoms with Gasteiger partial charge in [0.25, 0.3) is 0 Å². The molecule has 1 heterocycles. The van der Waals surface area contributed by atoms with Gasteiger partial charge in [-0.25, -0.2) is 0 Å². The second-order valence-corrected chi connectivity index (χ2v) is 6.79. The Labute approximate surface area is 151 Å². The number of benzene rings is 2. The van der Waals surface area contributed by atoms with Gasteiger partial charge in [-0.2, -0.15) is 0 Å². The first-order chi connectivity index (χ1) is 12.1. The van der Waals surface area contributed by atoms with Crippen molar-refractivity contribution in [2.45, 2.75) is 12.3 Å². The lowest BCUT2D eigenvalue weighted by molar-refractivity contribution is -0.115. The third kappa shape index (κ3) is 3.26. The Morgan fingerprint density at radius 1 is 1.00 bits per heavy atom. The van der Waals surface area contributed by atoms with Crippen molar-refractivity contribution in [3.63, 3.8) is 0 Å². The molecule has 0 N–H and O–H groups in total. The number of ether oxygens (including phenoxy) is 3. The summed E-state index contributed by atoms with van der Waals surface area (Å²) in [6.45, 7) is 2.03.